The Labute approximate surface area is 177 Å². The third-order valence-corrected chi connectivity index (χ3v) is 5.40. The van der Waals surface area contributed by atoms with Crippen LogP contribution in [0.3, 0.4) is 0 Å². The first-order chi connectivity index (χ1) is 14.0. The van der Waals surface area contributed by atoms with Crippen molar-refractivity contribution in [1.82, 2.24) is 15.6 Å². The van der Waals surface area contributed by atoms with Crippen LogP contribution in [0.25, 0.3) is 0 Å². The number of pyridine rings is 1. The van der Waals surface area contributed by atoms with Gasteiger partial charge in [0.1, 0.15) is 11.6 Å². The van der Waals surface area contributed by atoms with Crippen LogP contribution in [0.1, 0.15) is 31.0 Å². The van der Waals surface area contributed by atoms with Gasteiger partial charge < -0.3 is 15.5 Å². The van der Waals surface area contributed by atoms with E-state index in [4.69, 9.17) is 11.6 Å². The maximum Gasteiger partial charge on any atom is 0.191 e. The van der Waals surface area contributed by atoms with Crippen molar-refractivity contribution < 1.29 is 4.39 Å². The third-order valence-electron chi connectivity index (χ3n) is 5.04. The SMILES string of the molecule is CCNC(=NCCc1ccc(F)cc1Cl)NC1CCN(c2cccc(C)n2)CC1. The number of nitrogens with one attached hydrogen (secondary N) is 2. The van der Waals surface area contributed by atoms with Gasteiger partial charge in [-0.25, -0.2) is 9.37 Å². The Kier molecular flexibility index (Phi) is 7.69. The zero-order valence-electron chi connectivity index (χ0n) is 17.1. The molecule has 2 heterocycles. The molecule has 0 atom stereocenters. The van der Waals surface area contributed by atoms with Gasteiger partial charge in [0.2, 0.25) is 0 Å². The maximum absolute atomic E-state index is 13.2. The van der Waals surface area contributed by atoms with Crippen LogP contribution in [0.2, 0.25) is 5.02 Å². The van der Waals surface area contributed by atoms with Crippen molar-refractivity contribution in [2.45, 2.75) is 39.2 Å². The van der Waals surface area contributed by atoms with Crippen LogP contribution >= 0.6 is 11.6 Å². The van der Waals surface area contributed by atoms with Gasteiger partial charge in [-0.1, -0.05) is 23.7 Å². The van der Waals surface area contributed by atoms with Gasteiger partial charge in [-0.3, -0.25) is 4.99 Å². The van der Waals surface area contributed by atoms with Crippen LogP contribution in [-0.4, -0.2) is 43.2 Å². The monoisotopic (exact) mass is 417 g/mol. The first-order valence-electron chi connectivity index (χ1n) is 10.2. The molecule has 0 saturated carbocycles. The fraction of sp³-hybridized carbons (Fsp3) is 0.455. The number of hydrogen-bond acceptors (Lipinski definition) is 3. The molecule has 1 fully saturated rings. The van der Waals surface area contributed by atoms with E-state index in [0.717, 1.165) is 55.5 Å². The van der Waals surface area contributed by atoms with Crippen molar-refractivity contribution in [3.63, 3.8) is 0 Å². The van der Waals surface area contributed by atoms with Gasteiger partial charge in [-0.05, 0) is 62.9 Å². The van der Waals surface area contributed by atoms with Crippen LogP contribution < -0.4 is 15.5 Å². The predicted molar refractivity (Wildman–Crippen MR) is 118 cm³/mol. The molecule has 2 N–H and O–H groups in total. The summed E-state index contributed by atoms with van der Waals surface area (Å²) in [6, 6.07) is 11.0. The molecular formula is C22H29ClFN5. The Balaban J connectivity index is 1.52. The smallest absolute Gasteiger partial charge is 0.191 e. The second-order valence-corrected chi connectivity index (χ2v) is 7.70. The summed E-state index contributed by atoms with van der Waals surface area (Å²) in [5.41, 5.74) is 1.96. The topological polar surface area (TPSA) is 52.6 Å². The number of guanidine groups is 1. The lowest BCUT2D eigenvalue weighted by molar-refractivity contribution is 0.459. The zero-order chi connectivity index (χ0) is 20.6. The second-order valence-electron chi connectivity index (χ2n) is 7.29. The molecule has 0 spiro atoms. The van der Waals surface area contributed by atoms with Crippen molar-refractivity contribution in [2.75, 3.05) is 31.1 Å². The molecule has 29 heavy (non-hydrogen) atoms. The van der Waals surface area contributed by atoms with Gasteiger partial charge in [0.05, 0.1) is 0 Å². The Hall–Kier alpha value is -2.34. The van der Waals surface area contributed by atoms with E-state index in [-0.39, 0.29) is 5.82 Å². The number of benzene rings is 1. The predicted octanol–water partition coefficient (Wildman–Crippen LogP) is 3.95. The minimum atomic E-state index is -0.315. The molecule has 3 rings (SSSR count). The molecular weight excluding hydrogens is 389 g/mol. The van der Waals surface area contributed by atoms with Crippen molar-refractivity contribution in [3.8, 4) is 0 Å². The Morgan fingerprint density at radius 1 is 1.28 bits per heavy atom. The first kappa shape index (κ1) is 21.4. The van der Waals surface area contributed by atoms with Gasteiger partial charge in [0.15, 0.2) is 5.96 Å². The van der Waals surface area contributed by atoms with Crippen LogP contribution in [0.15, 0.2) is 41.4 Å². The Bertz CT molecular complexity index is 834. The first-order valence-corrected chi connectivity index (χ1v) is 10.6. The molecule has 1 aromatic carbocycles. The number of nitrogens with zero attached hydrogens (tertiary/aromatic N) is 3. The lowest BCUT2D eigenvalue weighted by Gasteiger charge is -2.34. The highest BCUT2D eigenvalue weighted by atomic mass is 35.5. The number of halogens is 2. The molecule has 0 unspecified atom stereocenters. The summed E-state index contributed by atoms with van der Waals surface area (Å²) in [6.07, 6.45) is 2.74. The van der Waals surface area contributed by atoms with Crippen LogP contribution in [0.4, 0.5) is 10.2 Å². The van der Waals surface area contributed by atoms with E-state index in [1.807, 2.05) is 13.0 Å². The highest BCUT2D eigenvalue weighted by molar-refractivity contribution is 6.31. The molecule has 2 aromatic rings. The average molecular weight is 418 g/mol. The van der Waals surface area contributed by atoms with E-state index in [2.05, 4.69) is 44.6 Å². The normalized spacial score (nSPS) is 15.4. The largest absolute Gasteiger partial charge is 0.357 e. The van der Waals surface area contributed by atoms with E-state index in [1.165, 1.54) is 12.1 Å². The van der Waals surface area contributed by atoms with Gasteiger partial charge in [0.25, 0.3) is 0 Å². The van der Waals surface area contributed by atoms with Crippen molar-refractivity contribution in [2.24, 2.45) is 4.99 Å². The standard InChI is InChI=1S/C22H29ClFN5/c1-3-25-22(26-12-9-17-7-8-18(24)15-20(17)23)28-19-10-13-29(14-11-19)21-6-4-5-16(2)27-21/h4-8,15,19H,3,9-14H2,1-2H3,(H2,25,26,28). The summed E-state index contributed by atoms with van der Waals surface area (Å²) in [4.78, 5) is 11.6. The van der Waals surface area contributed by atoms with Crippen molar-refractivity contribution >= 4 is 23.4 Å². The minimum Gasteiger partial charge on any atom is -0.357 e. The summed E-state index contributed by atoms with van der Waals surface area (Å²) in [6.45, 7) is 7.41. The number of piperidine rings is 1. The molecule has 1 aliphatic heterocycles. The average Bonchev–Trinajstić information content (AvgIpc) is 2.70. The molecule has 1 saturated heterocycles. The molecule has 1 aliphatic rings. The number of anilines is 1. The molecule has 0 radical (unpaired) electrons. The van der Waals surface area contributed by atoms with Gasteiger partial charge in [0, 0.05) is 42.9 Å². The van der Waals surface area contributed by atoms with Crippen LogP contribution in [0, 0.1) is 12.7 Å². The number of hydrogen-bond donors (Lipinski definition) is 2. The lowest BCUT2D eigenvalue weighted by Crippen LogP contribution is -2.49. The molecule has 156 valence electrons. The second kappa shape index (κ2) is 10.4. The van der Waals surface area contributed by atoms with E-state index in [9.17, 15) is 4.39 Å². The zero-order valence-corrected chi connectivity index (χ0v) is 17.8. The molecule has 0 aliphatic carbocycles. The molecule has 0 bridgehead atoms. The summed E-state index contributed by atoms with van der Waals surface area (Å²) in [7, 11) is 0. The third kappa shape index (κ3) is 6.32. The molecule has 1 aromatic heterocycles. The van der Waals surface area contributed by atoms with Gasteiger partial charge >= 0.3 is 0 Å². The Morgan fingerprint density at radius 2 is 2.07 bits per heavy atom. The molecule has 7 heteroatoms. The van der Waals surface area contributed by atoms with Crippen molar-refractivity contribution in [1.29, 1.82) is 0 Å². The van der Waals surface area contributed by atoms with Gasteiger partial charge in [-0.2, -0.15) is 0 Å². The molecule has 5 nitrogen and oxygen atoms in total. The van der Waals surface area contributed by atoms with Crippen molar-refractivity contribution in [3.05, 3.63) is 58.5 Å². The summed E-state index contributed by atoms with van der Waals surface area (Å²) in [5, 5.41) is 7.31. The Morgan fingerprint density at radius 3 is 2.76 bits per heavy atom. The fourth-order valence-corrected chi connectivity index (χ4v) is 3.75. The van der Waals surface area contributed by atoms with Gasteiger partial charge in [-0.15, -0.1) is 0 Å². The summed E-state index contributed by atoms with van der Waals surface area (Å²) < 4.78 is 13.2. The quantitative estimate of drug-likeness (QED) is 0.552. The van der Waals surface area contributed by atoms with E-state index < -0.39 is 0 Å². The highest BCUT2D eigenvalue weighted by Crippen LogP contribution is 2.19. The number of aromatic nitrogens is 1. The van der Waals surface area contributed by atoms with E-state index in [0.29, 0.717) is 24.0 Å². The fourth-order valence-electron chi connectivity index (χ4n) is 3.48. The van der Waals surface area contributed by atoms with Crippen LogP contribution in [-0.2, 0) is 6.42 Å². The lowest BCUT2D eigenvalue weighted by atomic mass is 10.1. The maximum atomic E-state index is 13.2. The number of aryl methyl sites for hydroxylation is 1. The number of aliphatic imine (C=N–C) groups is 1. The van der Waals surface area contributed by atoms with E-state index in [1.54, 1.807) is 6.07 Å². The minimum absolute atomic E-state index is 0.315. The molecule has 0 amide bonds. The van der Waals surface area contributed by atoms with E-state index >= 15 is 0 Å². The van der Waals surface area contributed by atoms with Crippen LogP contribution in [0.5, 0.6) is 0 Å². The summed E-state index contributed by atoms with van der Waals surface area (Å²) in [5.74, 6) is 1.56. The highest BCUT2D eigenvalue weighted by Gasteiger charge is 2.21. The summed E-state index contributed by atoms with van der Waals surface area (Å²) >= 11 is 6.11. The number of rotatable bonds is 6.